The first-order chi connectivity index (χ1) is 16.6. The lowest BCUT2D eigenvalue weighted by Gasteiger charge is -2.27. The lowest BCUT2D eigenvalue weighted by Crippen LogP contribution is -2.36. The molecule has 0 unspecified atom stereocenters. The normalized spacial score (nSPS) is 13.1. The van der Waals surface area contributed by atoms with Crippen LogP contribution in [0.3, 0.4) is 0 Å². The second-order valence-electron chi connectivity index (χ2n) is 7.55. The quantitative estimate of drug-likeness (QED) is 0.425. The molecule has 1 aromatic carbocycles. The van der Waals surface area contributed by atoms with Gasteiger partial charge in [-0.05, 0) is 31.2 Å². The Kier molecular flexibility index (Phi) is 7.51. The number of amides is 3. The zero-order valence-electron chi connectivity index (χ0n) is 18.9. The number of aromatic nitrogens is 2. The summed E-state index contributed by atoms with van der Waals surface area (Å²) in [4.78, 5) is 35.9. The summed E-state index contributed by atoms with van der Waals surface area (Å²) in [6, 6.07) is 14.4. The molecule has 3 amide bonds. The molecule has 4 N–H and O–H groups in total. The third-order valence-corrected chi connectivity index (χ3v) is 5.12. The molecule has 1 aliphatic heterocycles. The largest absolute Gasteiger partial charge is 0.378 e. The molecule has 3 aromatic rings. The number of para-hydroxylation sites is 1. The number of urea groups is 1. The lowest BCUT2D eigenvalue weighted by atomic mass is 10.2. The molecule has 4 rings (SSSR count). The van der Waals surface area contributed by atoms with Crippen molar-refractivity contribution in [3.8, 4) is 0 Å². The van der Waals surface area contributed by atoms with Crippen molar-refractivity contribution in [1.82, 2.24) is 15.3 Å². The van der Waals surface area contributed by atoms with E-state index >= 15 is 0 Å². The average molecular weight is 462 g/mol. The molecule has 1 aliphatic rings. The van der Waals surface area contributed by atoms with Crippen LogP contribution in [0.5, 0.6) is 0 Å². The molecule has 0 saturated carbocycles. The minimum atomic E-state index is -0.371. The van der Waals surface area contributed by atoms with Crippen LogP contribution >= 0.6 is 0 Å². The van der Waals surface area contributed by atoms with Gasteiger partial charge in [-0.3, -0.25) is 10.1 Å². The summed E-state index contributed by atoms with van der Waals surface area (Å²) in [5, 5.41) is 11.4. The van der Waals surface area contributed by atoms with E-state index in [2.05, 4.69) is 36.1 Å². The molecule has 10 heteroatoms. The maximum atomic E-state index is 13.1. The van der Waals surface area contributed by atoms with Crippen LogP contribution in [0, 0.1) is 0 Å². The average Bonchev–Trinajstić information content (AvgIpc) is 2.86. The lowest BCUT2D eigenvalue weighted by molar-refractivity contribution is 0.102. The van der Waals surface area contributed by atoms with Gasteiger partial charge in [-0.15, -0.1) is 0 Å². The molecule has 3 heterocycles. The molecule has 0 radical (unpaired) electrons. The topological polar surface area (TPSA) is 121 Å². The molecular weight excluding hydrogens is 434 g/mol. The summed E-state index contributed by atoms with van der Waals surface area (Å²) in [5.74, 6) is 0.809. The number of hydrogen-bond acceptors (Lipinski definition) is 7. The van der Waals surface area contributed by atoms with Gasteiger partial charge >= 0.3 is 6.03 Å². The maximum absolute atomic E-state index is 13.1. The summed E-state index contributed by atoms with van der Waals surface area (Å²) < 4.78 is 5.38. The van der Waals surface area contributed by atoms with Crippen LogP contribution < -0.4 is 26.2 Å². The third-order valence-electron chi connectivity index (χ3n) is 5.12. The van der Waals surface area contributed by atoms with Crippen LogP contribution in [0.15, 0.2) is 60.9 Å². The highest BCUT2D eigenvalue weighted by Gasteiger charge is 2.16. The SMILES string of the molecule is CCNC(=O)Nc1cc(Nc2ccccc2)c(C(=O)Nc2ccc(N3CCOCC3)nc2)cn1. The first-order valence-electron chi connectivity index (χ1n) is 11.1. The van der Waals surface area contributed by atoms with E-state index in [1.165, 1.54) is 6.20 Å². The van der Waals surface area contributed by atoms with Gasteiger partial charge in [0.05, 0.1) is 36.3 Å². The Morgan fingerprint density at radius 2 is 1.76 bits per heavy atom. The highest BCUT2D eigenvalue weighted by Crippen LogP contribution is 2.25. The maximum Gasteiger partial charge on any atom is 0.320 e. The summed E-state index contributed by atoms with van der Waals surface area (Å²) in [7, 11) is 0. The van der Waals surface area contributed by atoms with Crippen molar-refractivity contribution in [3.63, 3.8) is 0 Å². The fourth-order valence-electron chi connectivity index (χ4n) is 3.44. The monoisotopic (exact) mass is 461 g/mol. The second kappa shape index (κ2) is 11.1. The Labute approximate surface area is 197 Å². The molecule has 176 valence electrons. The van der Waals surface area contributed by atoms with E-state index in [9.17, 15) is 9.59 Å². The van der Waals surface area contributed by atoms with Crippen molar-refractivity contribution in [2.24, 2.45) is 0 Å². The van der Waals surface area contributed by atoms with Gasteiger partial charge in [-0.1, -0.05) is 18.2 Å². The van der Waals surface area contributed by atoms with Crippen molar-refractivity contribution >= 4 is 40.6 Å². The first-order valence-corrected chi connectivity index (χ1v) is 11.1. The van der Waals surface area contributed by atoms with Gasteiger partial charge in [0.2, 0.25) is 0 Å². The Morgan fingerprint density at radius 3 is 2.47 bits per heavy atom. The molecule has 0 spiro atoms. The van der Waals surface area contributed by atoms with E-state index < -0.39 is 0 Å². The molecular formula is C24H27N7O3. The van der Waals surface area contributed by atoms with E-state index in [-0.39, 0.29) is 11.9 Å². The zero-order valence-corrected chi connectivity index (χ0v) is 18.9. The van der Waals surface area contributed by atoms with E-state index in [0.717, 1.165) is 24.6 Å². The summed E-state index contributed by atoms with van der Waals surface area (Å²) in [5.41, 5.74) is 2.19. The molecule has 0 bridgehead atoms. The molecule has 1 saturated heterocycles. The van der Waals surface area contributed by atoms with Gasteiger partial charge in [0.15, 0.2) is 0 Å². The van der Waals surface area contributed by atoms with Crippen LogP contribution in [0.2, 0.25) is 0 Å². The first kappa shape index (κ1) is 23.0. The van der Waals surface area contributed by atoms with Crippen LogP contribution in [0.25, 0.3) is 0 Å². The number of nitrogens with zero attached hydrogens (tertiary/aromatic N) is 3. The zero-order chi connectivity index (χ0) is 23.8. The molecule has 34 heavy (non-hydrogen) atoms. The van der Waals surface area contributed by atoms with Crippen LogP contribution in [-0.4, -0.2) is 54.8 Å². The van der Waals surface area contributed by atoms with Gasteiger partial charge < -0.3 is 25.6 Å². The third kappa shape index (κ3) is 5.99. The summed E-state index contributed by atoms with van der Waals surface area (Å²) in [6.45, 7) is 5.24. The highest BCUT2D eigenvalue weighted by molar-refractivity contribution is 6.08. The Balaban J connectivity index is 1.52. The molecule has 0 atom stereocenters. The number of nitrogens with one attached hydrogen (secondary N) is 4. The van der Waals surface area contributed by atoms with Gasteiger partial charge in [0, 0.05) is 37.6 Å². The van der Waals surface area contributed by atoms with Gasteiger partial charge in [0.25, 0.3) is 5.91 Å². The molecule has 0 aliphatic carbocycles. The van der Waals surface area contributed by atoms with Crippen LogP contribution in [-0.2, 0) is 4.74 Å². The van der Waals surface area contributed by atoms with Crippen LogP contribution in [0.1, 0.15) is 17.3 Å². The predicted octanol–water partition coefficient (Wildman–Crippen LogP) is 3.45. The minimum absolute atomic E-state index is 0.317. The number of rotatable bonds is 7. The van der Waals surface area contributed by atoms with E-state index in [0.29, 0.717) is 42.5 Å². The van der Waals surface area contributed by atoms with Gasteiger partial charge in [0.1, 0.15) is 11.6 Å². The van der Waals surface area contributed by atoms with Crippen molar-refractivity contribution in [3.05, 3.63) is 66.5 Å². The Hall–Kier alpha value is -4.18. The van der Waals surface area contributed by atoms with E-state index in [4.69, 9.17) is 4.74 Å². The number of pyridine rings is 2. The standard InChI is InChI=1S/C24H27N7O3/c1-2-25-24(33)30-21-14-20(28-17-6-4-3-5-7-17)19(16-26-21)23(32)29-18-8-9-22(27-15-18)31-10-12-34-13-11-31/h3-9,14-16H,2,10-13H2,1H3,(H,29,32)(H3,25,26,28,30,33). The Bertz CT molecular complexity index is 1120. The number of anilines is 5. The van der Waals surface area contributed by atoms with Crippen molar-refractivity contribution in [2.75, 3.05) is 53.7 Å². The van der Waals surface area contributed by atoms with Crippen molar-refractivity contribution in [1.29, 1.82) is 0 Å². The van der Waals surface area contributed by atoms with E-state index in [1.807, 2.05) is 49.4 Å². The number of morpholine rings is 1. The number of carbonyl (C=O) groups excluding carboxylic acids is 2. The fraction of sp³-hybridized carbons (Fsp3) is 0.250. The molecule has 10 nitrogen and oxygen atoms in total. The number of hydrogen-bond donors (Lipinski definition) is 4. The fourth-order valence-corrected chi connectivity index (χ4v) is 3.44. The van der Waals surface area contributed by atoms with Gasteiger partial charge in [-0.25, -0.2) is 14.8 Å². The molecule has 1 fully saturated rings. The number of carbonyl (C=O) groups is 2. The van der Waals surface area contributed by atoms with Crippen molar-refractivity contribution in [2.45, 2.75) is 6.92 Å². The van der Waals surface area contributed by atoms with Gasteiger partial charge in [-0.2, -0.15) is 0 Å². The smallest absolute Gasteiger partial charge is 0.320 e. The number of benzene rings is 1. The highest BCUT2D eigenvalue weighted by atomic mass is 16.5. The predicted molar refractivity (Wildman–Crippen MR) is 132 cm³/mol. The minimum Gasteiger partial charge on any atom is -0.378 e. The van der Waals surface area contributed by atoms with Crippen molar-refractivity contribution < 1.29 is 14.3 Å². The summed E-state index contributed by atoms with van der Waals surface area (Å²) in [6.07, 6.45) is 3.06. The summed E-state index contributed by atoms with van der Waals surface area (Å²) >= 11 is 0. The second-order valence-corrected chi connectivity index (χ2v) is 7.55. The van der Waals surface area contributed by atoms with Crippen LogP contribution in [0.4, 0.5) is 33.5 Å². The number of ether oxygens (including phenoxy) is 1. The Morgan fingerprint density at radius 1 is 0.971 bits per heavy atom. The van der Waals surface area contributed by atoms with E-state index in [1.54, 1.807) is 12.3 Å². The molecule has 2 aromatic heterocycles.